The van der Waals surface area contributed by atoms with Crippen molar-refractivity contribution in [2.24, 2.45) is 5.92 Å². The summed E-state index contributed by atoms with van der Waals surface area (Å²) in [5, 5.41) is 0. The molecule has 1 rings (SSSR count). The van der Waals surface area contributed by atoms with Crippen LogP contribution in [0.15, 0.2) is 0 Å². The molecular formula is C9H15NO2. The number of hydrogen-bond donors (Lipinski definition) is 0. The van der Waals surface area contributed by atoms with Gasteiger partial charge in [0, 0.05) is 18.9 Å². The Bertz CT molecular complexity index is 201. The Balaban J connectivity index is 2.57. The summed E-state index contributed by atoms with van der Waals surface area (Å²) in [6, 6.07) is 0. The minimum Gasteiger partial charge on any atom is -0.282 e. The van der Waals surface area contributed by atoms with Crippen LogP contribution >= 0.6 is 0 Å². The quantitative estimate of drug-likeness (QED) is 0.622. The highest BCUT2D eigenvalue weighted by Gasteiger charge is 2.28. The highest BCUT2D eigenvalue weighted by atomic mass is 16.2. The highest BCUT2D eigenvalue weighted by molar-refractivity contribution is 5.97. The molecule has 68 valence electrons. The van der Waals surface area contributed by atoms with Crippen molar-refractivity contribution in [3.05, 3.63) is 0 Å². The molecule has 1 heterocycles. The van der Waals surface area contributed by atoms with E-state index in [1.165, 1.54) is 4.90 Å². The van der Waals surface area contributed by atoms with Gasteiger partial charge in [0.1, 0.15) is 0 Å². The van der Waals surface area contributed by atoms with Crippen LogP contribution in [0.5, 0.6) is 0 Å². The van der Waals surface area contributed by atoms with Gasteiger partial charge < -0.3 is 0 Å². The van der Waals surface area contributed by atoms with Gasteiger partial charge in [-0.15, -0.1) is 0 Å². The molecule has 1 atom stereocenters. The zero-order valence-electron chi connectivity index (χ0n) is 7.67. The molecule has 3 nitrogen and oxygen atoms in total. The second-order valence-electron chi connectivity index (χ2n) is 3.30. The van der Waals surface area contributed by atoms with E-state index in [1.54, 1.807) is 0 Å². The van der Waals surface area contributed by atoms with Crippen molar-refractivity contribution in [2.75, 3.05) is 6.54 Å². The number of hydrogen-bond acceptors (Lipinski definition) is 2. The van der Waals surface area contributed by atoms with E-state index in [0.29, 0.717) is 13.0 Å². The van der Waals surface area contributed by atoms with Crippen molar-refractivity contribution in [2.45, 2.75) is 33.1 Å². The maximum Gasteiger partial charge on any atom is 0.231 e. The molecule has 1 aliphatic rings. The molecule has 0 spiro atoms. The molecule has 1 aliphatic heterocycles. The normalized spacial score (nSPS) is 19.8. The number of nitrogens with zero attached hydrogens (tertiary/aromatic N) is 1. The molecule has 12 heavy (non-hydrogen) atoms. The predicted molar refractivity (Wildman–Crippen MR) is 45.4 cm³/mol. The molecule has 0 aliphatic carbocycles. The molecule has 0 N–H and O–H groups in total. The van der Waals surface area contributed by atoms with Crippen molar-refractivity contribution < 1.29 is 9.59 Å². The second kappa shape index (κ2) is 3.70. The summed E-state index contributed by atoms with van der Waals surface area (Å²) < 4.78 is 0. The molecule has 0 aromatic carbocycles. The third-order valence-electron chi connectivity index (χ3n) is 2.37. The zero-order valence-corrected chi connectivity index (χ0v) is 7.67. The standard InChI is InChI=1S/C9H15NO2/c1-3-7(2)9(12)10-6-4-5-8(10)11/h7H,3-6H2,1-2H3. The topological polar surface area (TPSA) is 37.4 Å². The molecule has 0 radical (unpaired) electrons. The van der Waals surface area contributed by atoms with E-state index in [4.69, 9.17) is 0 Å². The largest absolute Gasteiger partial charge is 0.282 e. The lowest BCUT2D eigenvalue weighted by Crippen LogP contribution is -2.35. The van der Waals surface area contributed by atoms with E-state index in [1.807, 2.05) is 13.8 Å². The molecule has 0 saturated carbocycles. The number of carbonyl (C=O) groups is 2. The molecular weight excluding hydrogens is 154 g/mol. The number of likely N-dealkylation sites (tertiary alicyclic amines) is 1. The summed E-state index contributed by atoms with van der Waals surface area (Å²) >= 11 is 0. The number of imide groups is 1. The summed E-state index contributed by atoms with van der Waals surface area (Å²) in [7, 11) is 0. The summed E-state index contributed by atoms with van der Waals surface area (Å²) in [4.78, 5) is 24.0. The summed E-state index contributed by atoms with van der Waals surface area (Å²) in [6.45, 7) is 4.46. The third kappa shape index (κ3) is 1.65. The third-order valence-corrected chi connectivity index (χ3v) is 2.37. The maximum atomic E-state index is 11.5. The van der Waals surface area contributed by atoms with E-state index < -0.39 is 0 Å². The minimum atomic E-state index is -0.00736. The Labute approximate surface area is 72.7 Å². The van der Waals surface area contributed by atoms with E-state index >= 15 is 0 Å². The summed E-state index contributed by atoms with van der Waals surface area (Å²) in [6.07, 6.45) is 2.19. The fourth-order valence-electron chi connectivity index (χ4n) is 1.32. The molecule has 1 fully saturated rings. The van der Waals surface area contributed by atoms with Gasteiger partial charge in [-0.25, -0.2) is 0 Å². The van der Waals surface area contributed by atoms with Gasteiger partial charge in [0.2, 0.25) is 11.8 Å². The van der Waals surface area contributed by atoms with E-state index in [-0.39, 0.29) is 17.7 Å². The first-order valence-electron chi connectivity index (χ1n) is 4.51. The van der Waals surface area contributed by atoms with E-state index in [9.17, 15) is 9.59 Å². The number of rotatable bonds is 2. The number of carbonyl (C=O) groups excluding carboxylic acids is 2. The molecule has 1 saturated heterocycles. The Morgan fingerprint density at radius 3 is 2.75 bits per heavy atom. The van der Waals surface area contributed by atoms with Crippen LogP contribution < -0.4 is 0 Å². The first-order chi connectivity index (χ1) is 5.66. The first kappa shape index (κ1) is 9.23. The Hall–Kier alpha value is -0.860. The van der Waals surface area contributed by atoms with E-state index in [2.05, 4.69) is 0 Å². The summed E-state index contributed by atoms with van der Waals surface area (Å²) in [5.74, 6) is -0.00708. The molecule has 1 unspecified atom stereocenters. The lowest BCUT2D eigenvalue weighted by molar-refractivity contribution is -0.144. The molecule has 0 aromatic heterocycles. The Kier molecular flexibility index (Phi) is 2.84. The van der Waals surface area contributed by atoms with Crippen molar-refractivity contribution in [1.82, 2.24) is 4.90 Å². The maximum absolute atomic E-state index is 11.5. The van der Waals surface area contributed by atoms with Gasteiger partial charge in [-0.2, -0.15) is 0 Å². The lowest BCUT2D eigenvalue weighted by atomic mass is 10.1. The molecule has 2 amide bonds. The van der Waals surface area contributed by atoms with Crippen molar-refractivity contribution in [3.63, 3.8) is 0 Å². The van der Waals surface area contributed by atoms with Crippen LogP contribution in [0.3, 0.4) is 0 Å². The van der Waals surface area contributed by atoms with Gasteiger partial charge >= 0.3 is 0 Å². The van der Waals surface area contributed by atoms with Crippen LogP contribution in [0.1, 0.15) is 33.1 Å². The van der Waals surface area contributed by atoms with E-state index in [0.717, 1.165) is 12.8 Å². The van der Waals surface area contributed by atoms with Gasteiger partial charge in [-0.1, -0.05) is 13.8 Å². The average molecular weight is 169 g/mol. The minimum absolute atomic E-state index is 0.000000000000000666. The fraction of sp³-hybridized carbons (Fsp3) is 0.778. The molecule has 0 bridgehead atoms. The Morgan fingerprint density at radius 1 is 1.67 bits per heavy atom. The highest BCUT2D eigenvalue weighted by Crippen LogP contribution is 2.14. The smallest absolute Gasteiger partial charge is 0.231 e. The van der Waals surface area contributed by atoms with Gasteiger partial charge in [0.15, 0.2) is 0 Å². The fourth-order valence-corrected chi connectivity index (χ4v) is 1.32. The predicted octanol–water partition coefficient (Wildman–Crippen LogP) is 1.18. The zero-order chi connectivity index (χ0) is 9.14. The Morgan fingerprint density at radius 2 is 2.33 bits per heavy atom. The van der Waals surface area contributed by atoms with Crippen molar-refractivity contribution >= 4 is 11.8 Å². The van der Waals surface area contributed by atoms with Gasteiger partial charge in [-0.05, 0) is 12.8 Å². The van der Waals surface area contributed by atoms with Crippen LogP contribution in [0.25, 0.3) is 0 Å². The summed E-state index contributed by atoms with van der Waals surface area (Å²) in [5.41, 5.74) is 0. The number of amides is 2. The van der Waals surface area contributed by atoms with Crippen LogP contribution in [0.4, 0.5) is 0 Å². The van der Waals surface area contributed by atoms with Gasteiger partial charge in [0.25, 0.3) is 0 Å². The lowest BCUT2D eigenvalue weighted by Gasteiger charge is -2.17. The SMILES string of the molecule is CCC(C)C(=O)N1CCCC1=O. The van der Waals surface area contributed by atoms with Crippen molar-refractivity contribution in [1.29, 1.82) is 0 Å². The van der Waals surface area contributed by atoms with Crippen LogP contribution in [0.2, 0.25) is 0 Å². The van der Waals surface area contributed by atoms with Crippen molar-refractivity contribution in [3.8, 4) is 0 Å². The van der Waals surface area contributed by atoms with Crippen LogP contribution in [-0.2, 0) is 9.59 Å². The molecule has 3 heteroatoms. The van der Waals surface area contributed by atoms with Gasteiger partial charge in [-0.3, -0.25) is 14.5 Å². The molecule has 0 aromatic rings. The van der Waals surface area contributed by atoms with Crippen LogP contribution in [0, 0.1) is 5.92 Å². The monoisotopic (exact) mass is 169 g/mol. The second-order valence-corrected chi connectivity index (χ2v) is 3.30. The van der Waals surface area contributed by atoms with Gasteiger partial charge in [0.05, 0.1) is 0 Å². The average Bonchev–Trinajstić information content (AvgIpc) is 2.48. The van der Waals surface area contributed by atoms with Crippen LogP contribution in [-0.4, -0.2) is 23.3 Å². The first-order valence-corrected chi connectivity index (χ1v) is 4.51.